The van der Waals surface area contributed by atoms with E-state index in [1.54, 1.807) is 0 Å². The fourth-order valence-corrected chi connectivity index (χ4v) is 2.87. The molecule has 34 valence electrons. The Hall–Kier alpha value is 0.220. The molecule has 0 amide bonds. The van der Waals surface area contributed by atoms with Crippen molar-refractivity contribution in [1.29, 1.82) is 0 Å². The molecule has 0 aromatic heterocycles. The maximum Gasteiger partial charge on any atom is 0.0384 e. The highest BCUT2D eigenvalue weighted by atomic mass is 32.2. The van der Waals surface area contributed by atoms with Crippen LogP contribution in [0.4, 0.5) is 0 Å². The number of hydrogen-bond donors (Lipinski definition) is 0. The summed E-state index contributed by atoms with van der Waals surface area (Å²) in [6, 6.07) is 0. The number of fused-ring (bicyclic) bond motifs is 1. The first-order valence-corrected chi connectivity index (χ1v) is 3.91. The van der Waals surface area contributed by atoms with Gasteiger partial charge in [0, 0.05) is 4.75 Å². The third kappa shape index (κ3) is 0.148. The summed E-state index contributed by atoms with van der Waals surface area (Å²) in [5, 5.41) is 0. The van der Waals surface area contributed by atoms with Crippen LogP contribution >= 0.6 is 10.5 Å². The maximum absolute atomic E-state index is 2.37. The average molecular weight is 100 g/mol. The summed E-state index contributed by atoms with van der Waals surface area (Å²) in [5.41, 5.74) is 0. The molecule has 0 aromatic rings. The molecule has 1 heteroatoms. The van der Waals surface area contributed by atoms with E-state index in [1.807, 2.05) is 4.86 Å². The molecule has 0 radical (unpaired) electrons. The summed E-state index contributed by atoms with van der Waals surface area (Å²) in [6.07, 6.45) is 3.81. The fourth-order valence-electron chi connectivity index (χ4n) is 0.933. The number of rotatable bonds is 0. The van der Waals surface area contributed by atoms with Crippen molar-refractivity contribution >= 4 is 15.3 Å². The van der Waals surface area contributed by atoms with Crippen molar-refractivity contribution in [3.05, 3.63) is 0 Å². The van der Waals surface area contributed by atoms with Crippen LogP contribution in [0.1, 0.15) is 13.3 Å². The Morgan fingerprint density at radius 3 is 2.17 bits per heavy atom. The third-order valence-electron chi connectivity index (χ3n) is 1.97. The first kappa shape index (κ1) is 3.25. The lowest BCUT2D eigenvalue weighted by Gasteiger charge is -1.89. The predicted octanol–water partition coefficient (Wildman–Crippen LogP) is 1.23. The van der Waals surface area contributed by atoms with Gasteiger partial charge in [0.25, 0.3) is 0 Å². The van der Waals surface area contributed by atoms with E-state index in [1.165, 1.54) is 6.42 Å². The zero-order valence-corrected chi connectivity index (χ0v) is 4.93. The molecule has 0 aromatic carbocycles. The Bertz CT molecular complexity index is 138. The highest BCUT2D eigenvalue weighted by Crippen LogP contribution is 2.67. The molecular weight excluding hydrogens is 92.1 g/mol. The van der Waals surface area contributed by atoms with Crippen LogP contribution in [0.25, 0.3) is 0 Å². The molecule has 2 rings (SSSR count). The molecule has 2 unspecified atom stereocenters. The lowest BCUT2D eigenvalue weighted by atomic mass is 10.5. The van der Waals surface area contributed by atoms with E-state index in [0.29, 0.717) is 0 Å². The van der Waals surface area contributed by atoms with Gasteiger partial charge in [-0.3, -0.25) is 0 Å². The Labute approximate surface area is 40.5 Å². The van der Waals surface area contributed by atoms with Gasteiger partial charge in [0.2, 0.25) is 0 Å². The highest BCUT2D eigenvalue weighted by molar-refractivity contribution is 8.27. The Kier molecular flexibility index (Phi) is 0.288. The average Bonchev–Trinajstić information content (AvgIpc) is 2.24. The molecule has 1 fully saturated rings. The van der Waals surface area contributed by atoms with Gasteiger partial charge in [-0.1, -0.05) is 0 Å². The molecule has 6 heavy (non-hydrogen) atoms. The van der Waals surface area contributed by atoms with Crippen molar-refractivity contribution in [2.45, 2.75) is 18.1 Å². The van der Waals surface area contributed by atoms with Gasteiger partial charge in [0.1, 0.15) is 0 Å². The van der Waals surface area contributed by atoms with Gasteiger partial charge >= 0.3 is 0 Å². The first-order valence-electron chi connectivity index (χ1n) is 2.27. The van der Waals surface area contributed by atoms with Crippen molar-refractivity contribution in [1.82, 2.24) is 0 Å². The van der Waals surface area contributed by atoms with Crippen molar-refractivity contribution in [2.24, 2.45) is 0 Å². The van der Waals surface area contributed by atoms with Crippen molar-refractivity contribution < 1.29 is 0 Å². The van der Waals surface area contributed by atoms with Gasteiger partial charge in [-0.2, -0.15) is 10.5 Å². The molecule has 1 saturated carbocycles. The second-order valence-corrected chi connectivity index (χ2v) is 4.76. The maximum atomic E-state index is 2.37. The van der Waals surface area contributed by atoms with Gasteiger partial charge in [0.15, 0.2) is 0 Å². The van der Waals surface area contributed by atoms with Crippen LogP contribution in [-0.2, 0) is 0 Å². The van der Waals surface area contributed by atoms with Crippen molar-refractivity contribution in [2.75, 3.05) is 6.26 Å². The third-order valence-corrected chi connectivity index (χ3v) is 4.84. The summed E-state index contributed by atoms with van der Waals surface area (Å²) in [5.74, 6) is 0. The van der Waals surface area contributed by atoms with E-state index in [4.69, 9.17) is 0 Å². The molecule has 0 bridgehead atoms. The van der Waals surface area contributed by atoms with Gasteiger partial charge in [-0.25, -0.2) is 0 Å². The minimum absolute atomic E-state index is 0.792. The standard InChI is InChI=1S/C5H8S/c1-5-3-4(5)6(5)2/h3H2,1-2H3. The summed E-state index contributed by atoms with van der Waals surface area (Å²) in [4.78, 5) is 1.85. The summed E-state index contributed by atoms with van der Waals surface area (Å²) in [6.45, 7) is 2.37. The quantitative estimate of drug-likeness (QED) is 0.402. The minimum Gasteiger partial charge on any atom is -0.177 e. The lowest BCUT2D eigenvalue weighted by molar-refractivity contribution is 1.11. The van der Waals surface area contributed by atoms with E-state index >= 15 is 0 Å². The Morgan fingerprint density at radius 2 is 2.17 bits per heavy atom. The van der Waals surface area contributed by atoms with Crippen LogP contribution in [-0.4, -0.2) is 15.9 Å². The SMILES string of the molecule is CS1=C2CC21C. The smallest absolute Gasteiger partial charge is 0.0384 e. The second kappa shape index (κ2) is 0.532. The monoisotopic (exact) mass is 100 g/mol. The van der Waals surface area contributed by atoms with E-state index in [9.17, 15) is 0 Å². The van der Waals surface area contributed by atoms with Crippen LogP contribution in [0.5, 0.6) is 0 Å². The Balaban J connectivity index is 2.44. The van der Waals surface area contributed by atoms with E-state index in [0.717, 1.165) is 15.2 Å². The predicted molar refractivity (Wildman–Crippen MR) is 31.5 cm³/mol. The summed E-state index contributed by atoms with van der Waals surface area (Å²) >= 11 is 0. The van der Waals surface area contributed by atoms with Gasteiger partial charge in [-0.05, 0) is 24.5 Å². The molecule has 0 spiro atoms. The largest absolute Gasteiger partial charge is 0.177 e. The Morgan fingerprint density at radius 1 is 1.83 bits per heavy atom. The molecule has 2 aliphatic rings. The van der Waals surface area contributed by atoms with E-state index in [2.05, 4.69) is 13.2 Å². The van der Waals surface area contributed by atoms with Crippen molar-refractivity contribution in [3.63, 3.8) is 0 Å². The molecule has 2 atom stereocenters. The first-order chi connectivity index (χ1) is 2.75. The highest BCUT2D eigenvalue weighted by Gasteiger charge is 2.60. The van der Waals surface area contributed by atoms with E-state index < -0.39 is 0 Å². The van der Waals surface area contributed by atoms with Crippen LogP contribution in [0.2, 0.25) is 0 Å². The van der Waals surface area contributed by atoms with Crippen molar-refractivity contribution in [3.8, 4) is 0 Å². The summed E-state index contributed by atoms with van der Waals surface area (Å²) < 4.78 is 0.819. The molecule has 1 aliphatic carbocycles. The van der Waals surface area contributed by atoms with Crippen LogP contribution < -0.4 is 0 Å². The van der Waals surface area contributed by atoms with Gasteiger partial charge < -0.3 is 0 Å². The van der Waals surface area contributed by atoms with E-state index in [-0.39, 0.29) is 0 Å². The lowest BCUT2D eigenvalue weighted by Crippen LogP contribution is -1.80. The topological polar surface area (TPSA) is 0 Å². The fraction of sp³-hybridized carbons (Fsp3) is 0.800. The summed E-state index contributed by atoms with van der Waals surface area (Å²) in [7, 11) is 0.792. The number of hydrogen-bond acceptors (Lipinski definition) is 0. The van der Waals surface area contributed by atoms with Gasteiger partial charge in [-0.15, -0.1) is 0 Å². The molecule has 0 saturated heterocycles. The van der Waals surface area contributed by atoms with Crippen LogP contribution in [0.15, 0.2) is 0 Å². The minimum atomic E-state index is 0.792. The van der Waals surface area contributed by atoms with Crippen LogP contribution in [0.3, 0.4) is 0 Å². The van der Waals surface area contributed by atoms with Gasteiger partial charge in [0.05, 0.1) is 0 Å². The molecule has 1 aliphatic heterocycles. The zero-order chi connectivity index (χ0) is 4.36. The van der Waals surface area contributed by atoms with Crippen LogP contribution in [0, 0.1) is 0 Å². The molecule has 1 heterocycles. The zero-order valence-electron chi connectivity index (χ0n) is 4.12. The molecule has 0 nitrogen and oxygen atoms in total. The molecule has 0 N–H and O–H groups in total. The second-order valence-electron chi connectivity index (χ2n) is 2.34. The normalized spacial score (nSPS) is 61.0. The molecular formula is C5H8S.